The lowest BCUT2D eigenvalue weighted by molar-refractivity contribution is 1.04. The number of rotatable bonds is 2. The summed E-state index contributed by atoms with van der Waals surface area (Å²) in [6.45, 7) is 4.73. The molecule has 0 spiro atoms. The van der Waals surface area contributed by atoms with E-state index in [4.69, 9.17) is 5.73 Å². The van der Waals surface area contributed by atoms with Crippen molar-refractivity contribution in [3.63, 3.8) is 0 Å². The molecule has 0 aliphatic heterocycles. The van der Waals surface area contributed by atoms with Crippen LogP contribution in [0.3, 0.4) is 0 Å². The van der Waals surface area contributed by atoms with Gasteiger partial charge in [-0.05, 0) is 19.4 Å². The first-order chi connectivity index (χ1) is 7.22. The summed E-state index contributed by atoms with van der Waals surface area (Å²) >= 11 is 1.68. The zero-order valence-corrected chi connectivity index (χ0v) is 9.77. The quantitative estimate of drug-likeness (QED) is 0.841. The van der Waals surface area contributed by atoms with Gasteiger partial charge in [0.2, 0.25) is 0 Å². The van der Waals surface area contributed by atoms with Crippen LogP contribution in [0.2, 0.25) is 0 Å². The average molecular weight is 218 g/mol. The van der Waals surface area contributed by atoms with E-state index in [0.29, 0.717) is 6.54 Å². The molecule has 0 aliphatic rings. The van der Waals surface area contributed by atoms with Gasteiger partial charge in [-0.1, -0.05) is 24.3 Å². The Hall–Kier alpha value is -1.19. The van der Waals surface area contributed by atoms with Crippen LogP contribution in [0.25, 0.3) is 11.3 Å². The molecular weight excluding hydrogens is 204 g/mol. The Bertz CT molecular complexity index is 474. The molecule has 2 N–H and O–H groups in total. The maximum absolute atomic E-state index is 5.60. The lowest BCUT2D eigenvalue weighted by atomic mass is 10.1. The van der Waals surface area contributed by atoms with Crippen molar-refractivity contribution < 1.29 is 0 Å². The molecule has 78 valence electrons. The van der Waals surface area contributed by atoms with Crippen LogP contribution in [0.1, 0.15) is 15.4 Å². The predicted octanol–water partition coefficient (Wildman–Crippen LogP) is 2.89. The van der Waals surface area contributed by atoms with Crippen LogP contribution < -0.4 is 5.73 Å². The number of hydrogen-bond acceptors (Lipinski definition) is 3. The van der Waals surface area contributed by atoms with E-state index in [0.717, 1.165) is 10.7 Å². The minimum atomic E-state index is 0.525. The second kappa shape index (κ2) is 4.13. The van der Waals surface area contributed by atoms with Crippen molar-refractivity contribution in [1.29, 1.82) is 0 Å². The lowest BCUT2D eigenvalue weighted by Crippen LogP contribution is -1.94. The van der Waals surface area contributed by atoms with E-state index in [1.165, 1.54) is 16.0 Å². The van der Waals surface area contributed by atoms with E-state index < -0.39 is 0 Å². The van der Waals surface area contributed by atoms with Gasteiger partial charge in [-0.15, -0.1) is 11.3 Å². The number of nitrogens with zero attached hydrogens (tertiary/aromatic N) is 1. The van der Waals surface area contributed by atoms with Gasteiger partial charge in [0.1, 0.15) is 5.01 Å². The summed E-state index contributed by atoms with van der Waals surface area (Å²) in [5.41, 5.74) is 9.15. The van der Waals surface area contributed by atoms with Gasteiger partial charge in [-0.25, -0.2) is 4.98 Å². The zero-order chi connectivity index (χ0) is 10.8. The Kier molecular flexibility index (Phi) is 2.84. The number of thiazole rings is 1. The smallest absolute Gasteiger partial charge is 0.107 e. The molecule has 1 aromatic heterocycles. The van der Waals surface area contributed by atoms with Crippen molar-refractivity contribution in [3.05, 3.63) is 39.7 Å². The molecule has 15 heavy (non-hydrogen) atoms. The molecule has 0 atom stereocenters. The first-order valence-corrected chi connectivity index (χ1v) is 5.76. The second-order valence-electron chi connectivity index (χ2n) is 3.53. The summed E-state index contributed by atoms with van der Waals surface area (Å²) < 4.78 is 0. The van der Waals surface area contributed by atoms with Crippen molar-refractivity contribution in [3.8, 4) is 11.3 Å². The fourth-order valence-electron chi connectivity index (χ4n) is 1.63. The predicted molar refractivity (Wildman–Crippen MR) is 64.9 cm³/mol. The highest BCUT2D eigenvalue weighted by Gasteiger charge is 2.10. The zero-order valence-electron chi connectivity index (χ0n) is 8.95. The van der Waals surface area contributed by atoms with E-state index in [2.05, 4.69) is 31.0 Å². The third kappa shape index (κ3) is 1.94. The lowest BCUT2D eigenvalue weighted by Gasteiger charge is -2.02. The number of benzene rings is 1. The Morgan fingerprint density at radius 2 is 2.00 bits per heavy atom. The Morgan fingerprint density at radius 1 is 1.27 bits per heavy atom. The molecule has 3 heteroatoms. The van der Waals surface area contributed by atoms with E-state index in [1.807, 2.05) is 12.1 Å². The normalized spacial score (nSPS) is 10.6. The van der Waals surface area contributed by atoms with E-state index in [1.54, 1.807) is 11.3 Å². The molecule has 0 saturated heterocycles. The SMILES string of the molecule is Cc1ccccc1-c1nc(CN)sc1C. The molecule has 0 fully saturated rings. The van der Waals surface area contributed by atoms with Gasteiger partial charge in [-0.2, -0.15) is 0 Å². The molecule has 0 aliphatic carbocycles. The van der Waals surface area contributed by atoms with Crippen LogP contribution in [-0.2, 0) is 6.54 Å². The highest BCUT2D eigenvalue weighted by molar-refractivity contribution is 7.12. The van der Waals surface area contributed by atoms with Crippen molar-refractivity contribution >= 4 is 11.3 Å². The van der Waals surface area contributed by atoms with Gasteiger partial charge in [0.15, 0.2) is 0 Å². The van der Waals surface area contributed by atoms with Crippen LogP contribution in [0.15, 0.2) is 24.3 Å². The van der Waals surface area contributed by atoms with Crippen LogP contribution in [0.5, 0.6) is 0 Å². The molecular formula is C12H14N2S. The molecule has 0 saturated carbocycles. The largest absolute Gasteiger partial charge is 0.325 e. The van der Waals surface area contributed by atoms with Crippen LogP contribution in [0.4, 0.5) is 0 Å². The van der Waals surface area contributed by atoms with Crippen LogP contribution in [0, 0.1) is 13.8 Å². The summed E-state index contributed by atoms with van der Waals surface area (Å²) in [7, 11) is 0. The van der Waals surface area contributed by atoms with E-state index in [9.17, 15) is 0 Å². The summed E-state index contributed by atoms with van der Waals surface area (Å²) in [5.74, 6) is 0. The first kappa shape index (κ1) is 10.3. The molecule has 0 bridgehead atoms. The molecule has 1 aromatic carbocycles. The Labute approximate surface area is 93.8 Å². The van der Waals surface area contributed by atoms with E-state index >= 15 is 0 Å². The highest BCUT2D eigenvalue weighted by atomic mass is 32.1. The number of aryl methyl sites for hydroxylation is 2. The second-order valence-corrected chi connectivity index (χ2v) is 4.82. The fourth-order valence-corrected chi connectivity index (χ4v) is 2.45. The third-order valence-corrected chi connectivity index (χ3v) is 3.41. The van der Waals surface area contributed by atoms with Crippen LogP contribution >= 0.6 is 11.3 Å². The van der Waals surface area contributed by atoms with Gasteiger partial charge < -0.3 is 5.73 Å². The van der Waals surface area contributed by atoms with Crippen molar-refractivity contribution in [2.75, 3.05) is 0 Å². The summed E-state index contributed by atoms with van der Waals surface area (Å²) in [5, 5.41) is 1.01. The van der Waals surface area contributed by atoms with Gasteiger partial charge in [-0.3, -0.25) is 0 Å². The number of aromatic nitrogens is 1. The standard InChI is InChI=1S/C12H14N2S/c1-8-5-3-4-6-10(8)12-9(2)15-11(7-13)14-12/h3-6H,7,13H2,1-2H3. The fraction of sp³-hybridized carbons (Fsp3) is 0.250. The topological polar surface area (TPSA) is 38.9 Å². The Balaban J connectivity index is 2.54. The van der Waals surface area contributed by atoms with Crippen molar-refractivity contribution in [2.24, 2.45) is 5.73 Å². The van der Waals surface area contributed by atoms with Crippen molar-refractivity contribution in [1.82, 2.24) is 4.98 Å². The maximum Gasteiger partial charge on any atom is 0.107 e. The molecule has 0 unspecified atom stereocenters. The molecule has 2 aromatic rings. The van der Waals surface area contributed by atoms with Gasteiger partial charge >= 0.3 is 0 Å². The summed E-state index contributed by atoms with van der Waals surface area (Å²) in [4.78, 5) is 5.79. The highest BCUT2D eigenvalue weighted by Crippen LogP contribution is 2.29. The summed E-state index contributed by atoms with van der Waals surface area (Å²) in [6.07, 6.45) is 0. The maximum atomic E-state index is 5.60. The van der Waals surface area contributed by atoms with Gasteiger partial charge in [0, 0.05) is 17.0 Å². The molecule has 2 rings (SSSR count). The first-order valence-electron chi connectivity index (χ1n) is 4.94. The number of hydrogen-bond donors (Lipinski definition) is 1. The molecule has 0 amide bonds. The summed E-state index contributed by atoms with van der Waals surface area (Å²) in [6, 6.07) is 8.31. The number of nitrogens with two attached hydrogens (primary N) is 1. The van der Waals surface area contributed by atoms with Gasteiger partial charge in [0.25, 0.3) is 0 Å². The van der Waals surface area contributed by atoms with Crippen molar-refractivity contribution in [2.45, 2.75) is 20.4 Å². The molecule has 2 nitrogen and oxygen atoms in total. The Morgan fingerprint density at radius 3 is 2.60 bits per heavy atom. The molecule has 0 radical (unpaired) electrons. The molecule has 1 heterocycles. The minimum Gasteiger partial charge on any atom is -0.325 e. The average Bonchev–Trinajstić information content (AvgIpc) is 2.60. The monoisotopic (exact) mass is 218 g/mol. The minimum absolute atomic E-state index is 0.525. The van der Waals surface area contributed by atoms with Crippen LogP contribution in [-0.4, -0.2) is 4.98 Å². The van der Waals surface area contributed by atoms with E-state index in [-0.39, 0.29) is 0 Å². The third-order valence-electron chi connectivity index (χ3n) is 2.42. The van der Waals surface area contributed by atoms with Gasteiger partial charge in [0.05, 0.1) is 5.69 Å².